The molecule has 1 heterocycles. The number of amides is 2. The molecule has 0 unspecified atom stereocenters. The fraction of sp³-hybridized carbons (Fsp3) is 0.625. The number of unbranched alkanes of at least 4 members (excludes halogenated alkanes) is 1. The average molecular weight is 516 g/mol. The van der Waals surface area contributed by atoms with Gasteiger partial charge in [0.05, 0.1) is 17.4 Å². The third kappa shape index (κ3) is 6.67. The highest BCUT2D eigenvalue weighted by atomic mass is 19.4. The van der Waals surface area contributed by atoms with E-state index < -0.39 is 40.7 Å². The average Bonchev–Trinajstić information content (AvgIpc) is 2.86. The third-order valence-corrected chi connectivity index (χ3v) is 6.94. The van der Waals surface area contributed by atoms with E-state index in [9.17, 15) is 37.9 Å². The quantitative estimate of drug-likeness (QED) is 0.443. The number of halogens is 3. The fourth-order valence-corrected chi connectivity index (χ4v) is 4.94. The Balaban J connectivity index is 1.73. The molecule has 1 aliphatic carbocycles. The second-order valence-electron chi connectivity index (χ2n) is 9.42. The predicted molar refractivity (Wildman–Crippen MR) is 121 cm³/mol. The first-order chi connectivity index (χ1) is 16.9. The summed E-state index contributed by atoms with van der Waals surface area (Å²) < 4.78 is 37.7. The zero-order valence-corrected chi connectivity index (χ0v) is 20.1. The molecule has 1 aliphatic heterocycles. The Morgan fingerprint density at radius 2 is 1.75 bits per heavy atom. The standard InChI is InChI=1S/C24H32F3N3O6/c1-2-3-10-23(34)11-9-18(19(16-23)21(32)30(35)36-22(33)24(25,26)27)20(31)29-14-12-28(13-15-29)17-7-5-4-6-8-17/h4-8,18-19,34-35H,2-3,9-16H2,1H3/t18-,19-,23+/m0/s1. The van der Waals surface area contributed by atoms with Gasteiger partial charge in [0.25, 0.3) is 5.91 Å². The van der Waals surface area contributed by atoms with E-state index in [-0.39, 0.29) is 25.2 Å². The molecule has 2 aliphatic rings. The Kier molecular flexibility index (Phi) is 8.83. The zero-order chi connectivity index (χ0) is 26.5. The van der Waals surface area contributed by atoms with Crippen molar-refractivity contribution in [1.29, 1.82) is 0 Å². The minimum absolute atomic E-state index is 0.107. The monoisotopic (exact) mass is 515 g/mol. The van der Waals surface area contributed by atoms with Crippen molar-refractivity contribution in [3.63, 3.8) is 0 Å². The number of aliphatic hydroxyl groups is 1. The number of hydrogen-bond acceptors (Lipinski definition) is 7. The molecule has 12 heteroatoms. The first-order valence-corrected chi connectivity index (χ1v) is 12.1. The first-order valence-electron chi connectivity index (χ1n) is 12.1. The second kappa shape index (κ2) is 11.5. The maximum Gasteiger partial charge on any atom is 0.493 e. The maximum atomic E-state index is 13.4. The van der Waals surface area contributed by atoms with E-state index in [1.807, 2.05) is 37.3 Å². The summed E-state index contributed by atoms with van der Waals surface area (Å²) >= 11 is 0. The fourth-order valence-electron chi connectivity index (χ4n) is 4.94. The molecular formula is C24H32F3N3O6. The number of carbonyl (C=O) groups is 3. The third-order valence-electron chi connectivity index (χ3n) is 6.94. The number of piperazine rings is 1. The lowest BCUT2D eigenvalue weighted by Gasteiger charge is -2.43. The highest BCUT2D eigenvalue weighted by Gasteiger charge is 2.50. The van der Waals surface area contributed by atoms with Gasteiger partial charge in [-0.2, -0.15) is 13.2 Å². The number of alkyl halides is 3. The lowest BCUT2D eigenvalue weighted by atomic mass is 9.69. The van der Waals surface area contributed by atoms with Gasteiger partial charge in [-0.3, -0.25) is 14.8 Å². The van der Waals surface area contributed by atoms with Crippen molar-refractivity contribution < 1.29 is 42.7 Å². The molecular weight excluding hydrogens is 483 g/mol. The number of para-hydroxylation sites is 1. The summed E-state index contributed by atoms with van der Waals surface area (Å²) in [5.74, 6) is -6.86. The molecule has 1 saturated heterocycles. The topological polar surface area (TPSA) is 111 Å². The maximum absolute atomic E-state index is 13.4. The lowest BCUT2D eigenvalue weighted by molar-refractivity contribution is -0.318. The summed E-state index contributed by atoms with van der Waals surface area (Å²) in [6, 6.07) is 9.65. The van der Waals surface area contributed by atoms with Gasteiger partial charge in [-0.05, 0) is 43.0 Å². The van der Waals surface area contributed by atoms with E-state index in [0.717, 1.165) is 12.1 Å². The molecule has 3 atom stereocenters. The highest BCUT2D eigenvalue weighted by molar-refractivity contribution is 5.88. The molecule has 2 amide bonds. The number of carbonyl (C=O) groups excluding carboxylic acids is 3. The molecule has 9 nitrogen and oxygen atoms in total. The van der Waals surface area contributed by atoms with Crippen molar-refractivity contribution in [2.75, 3.05) is 31.1 Å². The van der Waals surface area contributed by atoms with E-state index in [0.29, 0.717) is 39.0 Å². The predicted octanol–water partition coefficient (Wildman–Crippen LogP) is 2.91. The van der Waals surface area contributed by atoms with Crippen molar-refractivity contribution in [2.45, 2.75) is 57.2 Å². The molecule has 1 aromatic carbocycles. The molecule has 0 radical (unpaired) electrons. The van der Waals surface area contributed by atoms with Crippen molar-refractivity contribution in [2.24, 2.45) is 11.8 Å². The van der Waals surface area contributed by atoms with Crippen LogP contribution in [0.5, 0.6) is 0 Å². The summed E-state index contributed by atoms with van der Waals surface area (Å²) in [4.78, 5) is 44.9. The minimum atomic E-state index is -5.43. The Labute approximate surface area is 207 Å². The molecule has 1 saturated carbocycles. The van der Waals surface area contributed by atoms with Crippen molar-refractivity contribution in [1.82, 2.24) is 10.1 Å². The van der Waals surface area contributed by atoms with Gasteiger partial charge in [0.1, 0.15) is 0 Å². The van der Waals surface area contributed by atoms with Crippen molar-refractivity contribution >= 4 is 23.5 Å². The van der Waals surface area contributed by atoms with Crippen molar-refractivity contribution in [3.05, 3.63) is 30.3 Å². The second-order valence-corrected chi connectivity index (χ2v) is 9.42. The number of nitrogens with zero attached hydrogens (tertiary/aromatic N) is 3. The largest absolute Gasteiger partial charge is 0.493 e. The molecule has 0 spiro atoms. The van der Waals surface area contributed by atoms with Gasteiger partial charge in [-0.25, -0.2) is 4.79 Å². The van der Waals surface area contributed by atoms with Crippen LogP contribution in [0.2, 0.25) is 0 Å². The molecule has 36 heavy (non-hydrogen) atoms. The van der Waals surface area contributed by atoms with Crippen LogP contribution in [0.25, 0.3) is 0 Å². The summed E-state index contributed by atoms with van der Waals surface area (Å²) in [5.41, 5.74) is -0.313. The van der Waals surface area contributed by atoms with E-state index in [4.69, 9.17) is 0 Å². The van der Waals surface area contributed by atoms with Crippen LogP contribution in [0.3, 0.4) is 0 Å². The SMILES string of the molecule is CCCC[C@@]1(O)CC[C@H](C(=O)N2CCN(c3ccccc3)CC2)[C@@H](C(=O)N(O)OC(=O)C(F)(F)F)C1. The minimum Gasteiger partial charge on any atom is -0.390 e. The van der Waals surface area contributed by atoms with Gasteiger partial charge >= 0.3 is 12.1 Å². The van der Waals surface area contributed by atoms with E-state index >= 15 is 0 Å². The molecule has 3 rings (SSSR count). The first kappa shape index (κ1) is 27.7. The number of anilines is 1. The molecule has 0 bridgehead atoms. The summed E-state index contributed by atoms with van der Waals surface area (Å²) in [5, 5.41) is 20.1. The number of hydroxylamine groups is 2. The summed E-state index contributed by atoms with van der Waals surface area (Å²) in [7, 11) is 0. The Bertz CT molecular complexity index is 923. The summed E-state index contributed by atoms with van der Waals surface area (Å²) in [6.07, 6.45) is -3.60. The van der Waals surface area contributed by atoms with Gasteiger partial charge in [0.15, 0.2) is 0 Å². The zero-order valence-electron chi connectivity index (χ0n) is 20.1. The molecule has 0 aromatic heterocycles. The van der Waals surface area contributed by atoms with Crippen LogP contribution in [-0.4, -0.2) is 76.2 Å². The Morgan fingerprint density at radius 1 is 1.11 bits per heavy atom. The van der Waals surface area contributed by atoms with E-state index in [2.05, 4.69) is 9.74 Å². The van der Waals surface area contributed by atoms with Gasteiger partial charge < -0.3 is 19.7 Å². The van der Waals surface area contributed by atoms with Gasteiger partial charge in [-0.1, -0.05) is 38.0 Å². The van der Waals surface area contributed by atoms with Crippen molar-refractivity contribution in [3.8, 4) is 0 Å². The van der Waals surface area contributed by atoms with Crippen LogP contribution < -0.4 is 4.90 Å². The van der Waals surface area contributed by atoms with Crippen LogP contribution in [0.4, 0.5) is 18.9 Å². The molecule has 200 valence electrons. The Hall–Kier alpha value is -2.86. The number of benzene rings is 1. The van der Waals surface area contributed by atoms with Crippen LogP contribution in [-0.2, 0) is 19.2 Å². The normalized spacial score (nSPS) is 24.8. The van der Waals surface area contributed by atoms with Gasteiger partial charge in [0, 0.05) is 31.9 Å². The molecule has 2 fully saturated rings. The van der Waals surface area contributed by atoms with Crippen LogP contribution in [0, 0.1) is 11.8 Å². The van der Waals surface area contributed by atoms with Crippen LogP contribution >= 0.6 is 0 Å². The van der Waals surface area contributed by atoms with E-state index in [1.54, 1.807) is 4.90 Å². The van der Waals surface area contributed by atoms with Crippen LogP contribution in [0.1, 0.15) is 45.4 Å². The number of hydrogen-bond donors (Lipinski definition) is 2. The van der Waals surface area contributed by atoms with Crippen LogP contribution in [0.15, 0.2) is 30.3 Å². The molecule has 2 N–H and O–H groups in total. The van der Waals surface area contributed by atoms with Gasteiger partial charge in [-0.15, -0.1) is 0 Å². The van der Waals surface area contributed by atoms with E-state index in [1.165, 1.54) is 0 Å². The Morgan fingerprint density at radius 3 is 2.33 bits per heavy atom. The molecule has 1 aromatic rings. The number of rotatable bonds is 6. The lowest BCUT2D eigenvalue weighted by Crippen LogP contribution is -2.55. The van der Waals surface area contributed by atoms with Gasteiger partial charge in [0.2, 0.25) is 5.91 Å². The smallest absolute Gasteiger partial charge is 0.390 e. The highest BCUT2D eigenvalue weighted by Crippen LogP contribution is 2.41. The summed E-state index contributed by atoms with van der Waals surface area (Å²) in [6.45, 7) is 3.77.